The number of halogens is 1. The Labute approximate surface area is 165 Å². The lowest BCUT2D eigenvalue weighted by Gasteiger charge is -2.06. The van der Waals surface area contributed by atoms with E-state index in [0.29, 0.717) is 17.5 Å². The smallest absolute Gasteiger partial charge is 0.258 e. The van der Waals surface area contributed by atoms with Gasteiger partial charge in [0.1, 0.15) is 5.75 Å². The molecule has 0 aliphatic carbocycles. The van der Waals surface area contributed by atoms with Crippen molar-refractivity contribution in [1.82, 2.24) is 10.1 Å². The van der Waals surface area contributed by atoms with E-state index in [-0.39, 0.29) is 12.4 Å². The van der Waals surface area contributed by atoms with E-state index < -0.39 is 5.82 Å². The van der Waals surface area contributed by atoms with Gasteiger partial charge < -0.3 is 14.4 Å². The number of aliphatic hydroxyl groups excluding tert-OH is 1. The number of hydrogen-bond donors (Lipinski definition) is 1. The van der Waals surface area contributed by atoms with Gasteiger partial charge >= 0.3 is 0 Å². The summed E-state index contributed by atoms with van der Waals surface area (Å²) in [5.74, 6) is 1.14. The van der Waals surface area contributed by atoms with Crippen LogP contribution in [0.3, 0.4) is 0 Å². The zero-order chi connectivity index (χ0) is 19.5. The van der Waals surface area contributed by atoms with Crippen molar-refractivity contribution in [2.75, 3.05) is 0 Å². The summed E-state index contributed by atoms with van der Waals surface area (Å²) in [5.41, 5.74) is 1.81. The molecule has 0 fully saturated rings. The van der Waals surface area contributed by atoms with Crippen LogP contribution in [-0.4, -0.2) is 15.2 Å². The molecule has 0 saturated carbocycles. The monoisotopic (exact) mass is 396 g/mol. The Morgan fingerprint density at radius 2 is 1.93 bits per heavy atom. The number of aryl methyl sites for hydroxylation is 1. The molecule has 2 aromatic carbocycles. The molecule has 0 aliphatic rings. The van der Waals surface area contributed by atoms with Crippen molar-refractivity contribution in [3.63, 3.8) is 0 Å². The summed E-state index contributed by atoms with van der Waals surface area (Å²) in [5, 5.41) is 13.4. The third kappa shape index (κ3) is 3.67. The number of nitrogens with zero attached hydrogens (tertiary/aromatic N) is 2. The Bertz CT molecular complexity index is 1090. The van der Waals surface area contributed by atoms with Crippen LogP contribution in [0.1, 0.15) is 17.4 Å². The molecule has 0 aliphatic heterocycles. The normalized spacial score (nSPS) is 11.0. The van der Waals surface area contributed by atoms with Crippen LogP contribution in [0.5, 0.6) is 11.5 Å². The van der Waals surface area contributed by atoms with E-state index in [1.807, 2.05) is 13.0 Å². The Hall–Kier alpha value is -3.03. The molecule has 2 heterocycles. The minimum Gasteiger partial charge on any atom is -0.454 e. The zero-order valence-corrected chi connectivity index (χ0v) is 15.9. The fourth-order valence-electron chi connectivity index (χ4n) is 2.77. The fraction of sp³-hybridized carbons (Fsp3) is 0.143. The second kappa shape index (κ2) is 7.92. The SMILES string of the molecule is CCc1cc(CO)sc1-c1noc(-c2ccc(Oc3ccccc3F)cc2)n1. The Kier molecular flexibility index (Phi) is 5.18. The minimum atomic E-state index is -0.418. The first-order valence-corrected chi connectivity index (χ1v) is 9.59. The predicted molar refractivity (Wildman–Crippen MR) is 105 cm³/mol. The van der Waals surface area contributed by atoms with Crippen LogP contribution in [0.15, 0.2) is 59.1 Å². The molecular formula is C21H17FN2O3S. The van der Waals surface area contributed by atoms with Crippen LogP contribution in [-0.2, 0) is 13.0 Å². The van der Waals surface area contributed by atoms with Crippen molar-refractivity contribution in [2.45, 2.75) is 20.0 Å². The van der Waals surface area contributed by atoms with Crippen molar-refractivity contribution in [3.8, 4) is 33.7 Å². The van der Waals surface area contributed by atoms with E-state index in [1.54, 1.807) is 42.5 Å². The molecule has 0 amide bonds. The van der Waals surface area contributed by atoms with E-state index in [2.05, 4.69) is 10.1 Å². The van der Waals surface area contributed by atoms with Crippen LogP contribution >= 0.6 is 11.3 Å². The molecule has 0 saturated heterocycles. The quantitative estimate of drug-likeness (QED) is 0.469. The number of aromatic nitrogens is 2. The lowest BCUT2D eigenvalue weighted by atomic mass is 10.2. The van der Waals surface area contributed by atoms with Crippen LogP contribution in [0.2, 0.25) is 0 Å². The molecule has 0 atom stereocenters. The van der Waals surface area contributed by atoms with Crippen molar-refractivity contribution in [2.24, 2.45) is 0 Å². The second-order valence-electron chi connectivity index (χ2n) is 6.06. The number of rotatable bonds is 6. The molecule has 2 aromatic heterocycles. The first-order chi connectivity index (χ1) is 13.7. The average Bonchev–Trinajstić information content (AvgIpc) is 3.37. The maximum Gasteiger partial charge on any atom is 0.258 e. The highest BCUT2D eigenvalue weighted by Gasteiger charge is 2.16. The summed E-state index contributed by atoms with van der Waals surface area (Å²) >= 11 is 1.46. The summed E-state index contributed by atoms with van der Waals surface area (Å²) in [6.45, 7) is 2.04. The highest BCUT2D eigenvalue weighted by molar-refractivity contribution is 7.15. The van der Waals surface area contributed by atoms with Gasteiger partial charge in [-0.3, -0.25) is 0 Å². The van der Waals surface area contributed by atoms with Crippen LogP contribution in [0.4, 0.5) is 4.39 Å². The van der Waals surface area contributed by atoms with Crippen molar-refractivity contribution in [1.29, 1.82) is 0 Å². The first kappa shape index (κ1) is 18.3. The van der Waals surface area contributed by atoms with Gasteiger partial charge in [-0.25, -0.2) is 4.39 Å². The number of thiophene rings is 1. The molecule has 0 radical (unpaired) electrons. The second-order valence-corrected chi connectivity index (χ2v) is 7.20. The summed E-state index contributed by atoms with van der Waals surface area (Å²) < 4.78 is 24.7. The van der Waals surface area contributed by atoms with E-state index in [0.717, 1.165) is 27.3 Å². The van der Waals surface area contributed by atoms with Gasteiger partial charge in [-0.15, -0.1) is 11.3 Å². The molecule has 142 valence electrons. The van der Waals surface area contributed by atoms with Crippen molar-refractivity contribution in [3.05, 3.63) is 70.9 Å². The highest BCUT2D eigenvalue weighted by atomic mass is 32.1. The number of benzene rings is 2. The molecule has 4 rings (SSSR count). The largest absolute Gasteiger partial charge is 0.454 e. The molecule has 7 heteroatoms. The molecule has 28 heavy (non-hydrogen) atoms. The van der Waals surface area contributed by atoms with Crippen LogP contribution in [0, 0.1) is 5.82 Å². The first-order valence-electron chi connectivity index (χ1n) is 8.77. The van der Waals surface area contributed by atoms with E-state index in [9.17, 15) is 9.50 Å². The fourth-order valence-corrected chi connectivity index (χ4v) is 3.81. The Morgan fingerprint density at radius 3 is 2.64 bits per heavy atom. The molecule has 0 spiro atoms. The minimum absolute atomic E-state index is 0.00809. The Morgan fingerprint density at radius 1 is 1.14 bits per heavy atom. The number of hydrogen-bond acceptors (Lipinski definition) is 6. The lowest BCUT2D eigenvalue weighted by molar-refractivity contribution is 0.285. The maximum absolute atomic E-state index is 13.7. The topological polar surface area (TPSA) is 68.4 Å². The molecule has 5 nitrogen and oxygen atoms in total. The maximum atomic E-state index is 13.7. The van der Waals surface area contributed by atoms with E-state index in [4.69, 9.17) is 9.26 Å². The molecule has 4 aromatic rings. The number of para-hydroxylation sites is 1. The zero-order valence-electron chi connectivity index (χ0n) is 15.1. The van der Waals surface area contributed by atoms with Gasteiger partial charge in [0.25, 0.3) is 5.89 Å². The van der Waals surface area contributed by atoms with Gasteiger partial charge in [-0.1, -0.05) is 24.2 Å². The summed E-state index contributed by atoms with van der Waals surface area (Å²) in [6, 6.07) is 15.2. The molecule has 1 N–H and O–H groups in total. The third-order valence-electron chi connectivity index (χ3n) is 4.19. The number of ether oxygens (including phenoxy) is 1. The number of aliphatic hydroxyl groups is 1. The van der Waals surface area contributed by atoms with Crippen molar-refractivity contribution >= 4 is 11.3 Å². The van der Waals surface area contributed by atoms with Gasteiger partial charge in [0.2, 0.25) is 5.82 Å². The Balaban J connectivity index is 1.56. The predicted octanol–water partition coefficient (Wildman–Crippen LogP) is 5.45. The lowest BCUT2D eigenvalue weighted by Crippen LogP contribution is -1.88. The van der Waals surface area contributed by atoms with Gasteiger partial charge in [0.05, 0.1) is 11.5 Å². The van der Waals surface area contributed by atoms with Crippen molar-refractivity contribution < 1.29 is 18.8 Å². The van der Waals surface area contributed by atoms with Gasteiger partial charge in [-0.05, 0) is 54.4 Å². The average molecular weight is 396 g/mol. The van der Waals surface area contributed by atoms with E-state index >= 15 is 0 Å². The van der Waals surface area contributed by atoms with Gasteiger partial charge in [0, 0.05) is 10.4 Å². The molecule has 0 bridgehead atoms. The van der Waals surface area contributed by atoms with Gasteiger partial charge in [0.15, 0.2) is 11.6 Å². The van der Waals surface area contributed by atoms with Crippen LogP contribution in [0.25, 0.3) is 22.2 Å². The standard InChI is InChI=1S/C21H17FN2O3S/c1-2-13-11-16(12-25)28-19(13)20-23-21(27-24-20)14-7-9-15(10-8-14)26-18-6-4-3-5-17(18)22/h3-11,25H,2,12H2,1H3. The highest BCUT2D eigenvalue weighted by Crippen LogP contribution is 2.33. The summed E-state index contributed by atoms with van der Waals surface area (Å²) in [4.78, 5) is 6.26. The summed E-state index contributed by atoms with van der Waals surface area (Å²) in [6.07, 6.45) is 0.817. The molecular weight excluding hydrogens is 379 g/mol. The molecule has 0 unspecified atom stereocenters. The van der Waals surface area contributed by atoms with E-state index in [1.165, 1.54) is 17.4 Å². The van der Waals surface area contributed by atoms with Gasteiger partial charge in [-0.2, -0.15) is 4.98 Å². The third-order valence-corrected chi connectivity index (χ3v) is 5.35. The summed E-state index contributed by atoms with van der Waals surface area (Å²) in [7, 11) is 0. The van der Waals surface area contributed by atoms with Crippen LogP contribution < -0.4 is 4.74 Å².